The normalized spacial score (nSPS) is 28.4. The molecule has 3 heteroatoms. The summed E-state index contributed by atoms with van der Waals surface area (Å²) >= 11 is 5.84. The van der Waals surface area contributed by atoms with Gasteiger partial charge in [-0.3, -0.25) is 0 Å². The van der Waals surface area contributed by atoms with Gasteiger partial charge >= 0.3 is 0 Å². The third-order valence-corrected chi connectivity index (χ3v) is 4.09. The maximum absolute atomic E-state index is 5.84. The average Bonchev–Trinajstić information content (AvgIpc) is 2.72. The molecule has 2 atom stereocenters. The molecule has 2 unspecified atom stereocenters. The Kier molecular flexibility index (Phi) is 3.17. The first kappa shape index (κ1) is 11.2. The van der Waals surface area contributed by atoms with Crippen molar-refractivity contribution in [2.24, 2.45) is 11.8 Å². The minimum Gasteiger partial charge on any atom is -0.317 e. The Morgan fingerprint density at radius 1 is 1.24 bits per heavy atom. The van der Waals surface area contributed by atoms with E-state index in [9.17, 15) is 0 Å². The van der Waals surface area contributed by atoms with Gasteiger partial charge < -0.3 is 5.32 Å². The number of nitrogens with zero attached hydrogens (tertiary/aromatic N) is 1. The third-order valence-electron chi connectivity index (χ3n) is 3.86. The van der Waals surface area contributed by atoms with E-state index in [0.717, 1.165) is 19.0 Å². The molecule has 1 saturated heterocycles. The summed E-state index contributed by atoms with van der Waals surface area (Å²) in [6.45, 7) is 2.29. The largest absolute Gasteiger partial charge is 0.317 e. The zero-order valence-electron chi connectivity index (χ0n) is 9.82. The molecule has 90 valence electrons. The van der Waals surface area contributed by atoms with E-state index in [1.165, 1.54) is 30.4 Å². The Labute approximate surface area is 107 Å². The van der Waals surface area contributed by atoms with Crippen molar-refractivity contribution < 1.29 is 0 Å². The summed E-state index contributed by atoms with van der Waals surface area (Å²) in [5, 5.41) is 4.07. The van der Waals surface area contributed by atoms with E-state index in [0.29, 0.717) is 11.1 Å². The SMILES string of the molecule is Clc1ccc(C2=CC3CCNCCC2C3)cn1. The third kappa shape index (κ3) is 2.38. The molecule has 0 aromatic carbocycles. The van der Waals surface area contributed by atoms with Crippen LogP contribution >= 0.6 is 11.6 Å². The lowest BCUT2D eigenvalue weighted by Crippen LogP contribution is -2.23. The summed E-state index contributed by atoms with van der Waals surface area (Å²) in [5.74, 6) is 1.45. The Bertz CT molecular complexity index is 424. The van der Waals surface area contributed by atoms with E-state index in [4.69, 9.17) is 11.6 Å². The number of hydrogen-bond donors (Lipinski definition) is 1. The van der Waals surface area contributed by atoms with Crippen LogP contribution in [0.2, 0.25) is 5.15 Å². The van der Waals surface area contributed by atoms with Crippen LogP contribution in [0.5, 0.6) is 0 Å². The van der Waals surface area contributed by atoms with Gasteiger partial charge in [0.1, 0.15) is 5.15 Å². The van der Waals surface area contributed by atoms with Crippen LogP contribution in [-0.2, 0) is 0 Å². The Balaban J connectivity index is 1.88. The van der Waals surface area contributed by atoms with Gasteiger partial charge in [-0.2, -0.15) is 0 Å². The highest BCUT2D eigenvalue weighted by Crippen LogP contribution is 2.40. The summed E-state index contributed by atoms with van der Waals surface area (Å²) < 4.78 is 0. The number of nitrogens with one attached hydrogen (secondary N) is 1. The van der Waals surface area contributed by atoms with Crippen molar-refractivity contribution in [1.29, 1.82) is 0 Å². The average molecular weight is 249 g/mol. The van der Waals surface area contributed by atoms with Gasteiger partial charge in [0.2, 0.25) is 0 Å². The van der Waals surface area contributed by atoms with Gasteiger partial charge in [0.15, 0.2) is 0 Å². The summed E-state index contributed by atoms with van der Waals surface area (Å²) in [5.41, 5.74) is 2.74. The molecule has 1 aromatic heterocycles. The molecule has 17 heavy (non-hydrogen) atoms. The van der Waals surface area contributed by atoms with E-state index in [1.54, 1.807) is 0 Å². The van der Waals surface area contributed by atoms with Crippen molar-refractivity contribution in [3.63, 3.8) is 0 Å². The van der Waals surface area contributed by atoms with Gasteiger partial charge in [-0.15, -0.1) is 0 Å². The number of fused-ring (bicyclic) bond motifs is 2. The standard InChI is InChI=1S/C14H17ClN2/c15-14-2-1-12(9-17-14)13-8-10-3-5-16-6-4-11(13)7-10/h1-2,8-11,16H,3-7H2. The minimum atomic E-state index is 0.575. The van der Waals surface area contributed by atoms with Crippen molar-refractivity contribution in [3.8, 4) is 0 Å². The van der Waals surface area contributed by atoms with Gasteiger partial charge in [0.25, 0.3) is 0 Å². The molecule has 2 heterocycles. The topological polar surface area (TPSA) is 24.9 Å². The van der Waals surface area contributed by atoms with Crippen LogP contribution < -0.4 is 5.32 Å². The van der Waals surface area contributed by atoms with E-state index < -0.39 is 0 Å². The van der Waals surface area contributed by atoms with Crippen molar-refractivity contribution in [2.75, 3.05) is 13.1 Å². The zero-order chi connectivity index (χ0) is 11.7. The quantitative estimate of drug-likeness (QED) is 0.773. The molecule has 2 nitrogen and oxygen atoms in total. The number of allylic oxidation sites excluding steroid dienone is 2. The van der Waals surface area contributed by atoms with Crippen LogP contribution in [0.25, 0.3) is 5.57 Å². The highest BCUT2D eigenvalue weighted by atomic mass is 35.5. The Morgan fingerprint density at radius 3 is 2.94 bits per heavy atom. The van der Waals surface area contributed by atoms with Crippen LogP contribution in [0.4, 0.5) is 0 Å². The zero-order valence-corrected chi connectivity index (χ0v) is 10.6. The fraction of sp³-hybridized carbons (Fsp3) is 0.500. The number of halogens is 1. The number of aromatic nitrogens is 1. The van der Waals surface area contributed by atoms with Gasteiger partial charge in [-0.25, -0.2) is 4.98 Å². The predicted octanol–water partition coefficient (Wildman–Crippen LogP) is 3.14. The molecular formula is C14H17ClN2. The summed E-state index contributed by atoms with van der Waals surface area (Å²) in [7, 11) is 0. The Hall–Kier alpha value is -0.860. The molecular weight excluding hydrogens is 232 g/mol. The number of rotatable bonds is 1. The fourth-order valence-electron chi connectivity index (χ4n) is 2.99. The fourth-order valence-corrected chi connectivity index (χ4v) is 3.10. The maximum Gasteiger partial charge on any atom is 0.129 e. The van der Waals surface area contributed by atoms with Crippen LogP contribution in [0.15, 0.2) is 24.4 Å². The first-order valence-corrected chi connectivity index (χ1v) is 6.75. The predicted molar refractivity (Wildman–Crippen MR) is 70.9 cm³/mol. The molecule has 3 rings (SSSR count). The summed E-state index contributed by atoms with van der Waals surface area (Å²) in [6, 6.07) is 3.99. The van der Waals surface area contributed by atoms with E-state index in [-0.39, 0.29) is 0 Å². The highest BCUT2D eigenvalue weighted by Gasteiger charge is 2.28. The molecule has 1 aliphatic carbocycles. The molecule has 1 N–H and O–H groups in total. The second kappa shape index (κ2) is 4.79. The molecule has 0 radical (unpaired) electrons. The monoisotopic (exact) mass is 248 g/mol. The van der Waals surface area contributed by atoms with Crippen molar-refractivity contribution in [1.82, 2.24) is 10.3 Å². The van der Waals surface area contributed by atoms with Crippen LogP contribution in [-0.4, -0.2) is 18.1 Å². The van der Waals surface area contributed by atoms with Crippen LogP contribution in [0, 0.1) is 11.8 Å². The van der Waals surface area contributed by atoms with Gasteiger partial charge in [-0.1, -0.05) is 23.7 Å². The van der Waals surface area contributed by atoms with Crippen molar-refractivity contribution in [3.05, 3.63) is 35.1 Å². The number of hydrogen-bond acceptors (Lipinski definition) is 2. The molecule has 2 bridgehead atoms. The van der Waals surface area contributed by atoms with Gasteiger partial charge in [0.05, 0.1) is 0 Å². The minimum absolute atomic E-state index is 0.575. The van der Waals surface area contributed by atoms with E-state index in [2.05, 4.69) is 22.4 Å². The van der Waals surface area contributed by atoms with E-state index >= 15 is 0 Å². The highest BCUT2D eigenvalue weighted by molar-refractivity contribution is 6.29. The lowest BCUT2D eigenvalue weighted by atomic mass is 9.91. The van der Waals surface area contributed by atoms with Crippen LogP contribution in [0.3, 0.4) is 0 Å². The lowest BCUT2D eigenvalue weighted by molar-refractivity contribution is 0.420. The first-order chi connectivity index (χ1) is 8.33. The number of pyridine rings is 1. The van der Waals surface area contributed by atoms with E-state index in [1.807, 2.05) is 12.3 Å². The smallest absolute Gasteiger partial charge is 0.129 e. The van der Waals surface area contributed by atoms with Crippen LogP contribution in [0.1, 0.15) is 24.8 Å². The van der Waals surface area contributed by atoms with Crippen molar-refractivity contribution >= 4 is 17.2 Å². The molecule has 1 aromatic rings. The molecule has 0 saturated carbocycles. The van der Waals surface area contributed by atoms with Crippen molar-refractivity contribution in [2.45, 2.75) is 19.3 Å². The molecule has 1 aliphatic heterocycles. The van der Waals surface area contributed by atoms with Gasteiger partial charge in [0, 0.05) is 6.20 Å². The summed E-state index contributed by atoms with van der Waals surface area (Å²) in [4.78, 5) is 4.19. The molecule has 2 aliphatic rings. The molecule has 0 amide bonds. The second-order valence-corrected chi connectivity index (χ2v) is 5.40. The Morgan fingerprint density at radius 2 is 2.12 bits per heavy atom. The van der Waals surface area contributed by atoms with Gasteiger partial charge in [-0.05, 0) is 61.4 Å². The molecule has 0 spiro atoms. The summed E-state index contributed by atoms with van der Waals surface area (Å²) in [6.07, 6.45) is 8.20. The molecule has 1 fully saturated rings. The lowest BCUT2D eigenvalue weighted by Gasteiger charge is -2.19. The first-order valence-electron chi connectivity index (χ1n) is 6.37. The maximum atomic E-state index is 5.84. The second-order valence-electron chi connectivity index (χ2n) is 5.01.